The van der Waals surface area contributed by atoms with E-state index >= 15 is 0 Å². The Bertz CT molecular complexity index is 539. The monoisotopic (exact) mass is 239 g/mol. The summed E-state index contributed by atoms with van der Waals surface area (Å²) in [4.78, 5) is 1.98. The molecule has 0 radical (unpaired) electrons. The molecule has 0 fully saturated rings. The van der Waals surface area contributed by atoms with Gasteiger partial charge in [0, 0.05) is 5.69 Å². The van der Waals surface area contributed by atoms with E-state index in [1.807, 2.05) is 65.6 Å². The Labute approximate surface area is 106 Å². The summed E-state index contributed by atoms with van der Waals surface area (Å²) in [5, 5.41) is 4.16. The van der Waals surface area contributed by atoms with E-state index < -0.39 is 0 Å². The normalized spacial score (nSPS) is 14.0. The first-order valence-corrected chi connectivity index (χ1v) is 5.79. The molecule has 3 rings (SSSR count). The standard InChI is InChI=1S/C14H13N3O/c1-3-7-12(8-4-1)17-11-15-16-14(17)18-13-9-5-2-6-10-13/h1-10,15H,11H2. The molecule has 0 bridgehead atoms. The van der Waals surface area contributed by atoms with Gasteiger partial charge in [0.1, 0.15) is 12.4 Å². The minimum absolute atomic E-state index is 0.562. The molecule has 2 aromatic rings. The van der Waals surface area contributed by atoms with Gasteiger partial charge in [0.25, 0.3) is 0 Å². The SMILES string of the molecule is c1ccc(OC2=NNCN2c2ccccc2)cc1. The molecule has 0 unspecified atom stereocenters. The Morgan fingerprint density at radius 3 is 2.33 bits per heavy atom. The lowest BCUT2D eigenvalue weighted by Gasteiger charge is -2.18. The van der Waals surface area contributed by atoms with Gasteiger partial charge < -0.3 is 4.74 Å². The Kier molecular flexibility index (Phi) is 2.84. The first-order valence-electron chi connectivity index (χ1n) is 5.79. The second kappa shape index (κ2) is 4.79. The van der Waals surface area contributed by atoms with Gasteiger partial charge in [0.15, 0.2) is 0 Å². The summed E-state index contributed by atoms with van der Waals surface area (Å²) in [6.45, 7) is 0.617. The molecule has 0 spiro atoms. The van der Waals surface area contributed by atoms with Crippen LogP contribution < -0.4 is 15.1 Å². The van der Waals surface area contributed by atoms with Crippen LogP contribution in [0.2, 0.25) is 0 Å². The average Bonchev–Trinajstić information content (AvgIpc) is 2.89. The second-order valence-corrected chi connectivity index (χ2v) is 3.89. The van der Waals surface area contributed by atoms with Gasteiger partial charge in [0.2, 0.25) is 0 Å². The van der Waals surface area contributed by atoms with Crippen LogP contribution in [-0.4, -0.2) is 12.7 Å². The van der Waals surface area contributed by atoms with Crippen molar-refractivity contribution in [3.63, 3.8) is 0 Å². The van der Waals surface area contributed by atoms with E-state index in [1.54, 1.807) is 0 Å². The fourth-order valence-electron chi connectivity index (χ4n) is 1.78. The van der Waals surface area contributed by atoms with Gasteiger partial charge in [-0.25, -0.2) is 0 Å². The molecule has 0 aliphatic carbocycles. The third-order valence-corrected chi connectivity index (χ3v) is 2.65. The van der Waals surface area contributed by atoms with Gasteiger partial charge >= 0.3 is 6.02 Å². The zero-order valence-electron chi connectivity index (χ0n) is 9.78. The summed E-state index contributed by atoms with van der Waals surface area (Å²) >= 11 is 0. The molecule has 4 nitrogen and oxygen atoms in total. The molecule has 0 aromatic heterocycles. The van der Waals surface area contributed by atoms with Crippen molar-refractivity contribution in [3.05, 3.63) is 60.7 Å². The quantitative estimate of drug-likeness (QED) is 0.874. The number of hydrogen-bond acceptors (Lipinski definition) is 4. The first-order chi connectivity index (χ1) is 8.93. The van der Waals surface area contributed by atoms with E-state index in [1.165, 1.54) is 0 Å². The fourth-order valence-corrected chi connectivity index (χ4v) is 1.78. The molecule has 1 heterocycles. The predicted molar refractivity (Wildman–Crippen MR) is 71.4 cm³/mol. The van der Waals surface area contributed by atoms with Crippen molar-refractivity contribution >= 4 is 11.7 Å². The van der Waals surface area contributed by atoms with E-state index in [9.17, 15) is 0 Å². The Balaban J connectivity index is 1.80. The zero-order chi connectivity index (χ0) is 12.2. The summed E-state index contributed by atoms with van der Waals surface area (Å²) < 4.78 is 5.76. The van der Waals surface area contributed by atoms with Crippen LogP contribution in [0.3, 0.4) is 0 Å². The molecule has 0 saturated heterocycles. The third kappa shape index (κ3) is 2.13. The molecular formula is C14H13N3O. The van der Waals surface area contributed by atoms with Crippen molar-refractivity contribution in [1.29, 1.82) is 0 Å². The highest BCUT2D eigenvalue weighted by atomic mass is 16.5. The molecule has 1 aliphatic heterocycles. The van der Waals surface area contributed by atoms with E-state index in [0.717, 1.165) is 11.4 Å². The van der Waals surface area contributed by atoms with Gasteiger partial charge in [-0.05, 0) is 24.3 Å². The molecule has 18 heavy (non-hydrogen) atoms. The molecular weight excluding hydrogens is 226 g/mol. The van der Waals surface area contributed by atoms with Gasteiger partial charge in [-0.2, -0.15) is 0 Å². The van der Waals surface area contributed by atoms with Gasteiger partial charge in [-0.3, -0.25) is 10.3 Å². The maximum absolute atomic E-state index is 5.76. The van der Waals surface area contributed by atoms with Crippen LogP contribution in [-0.2, 0) is 0 Å². The number of rotatable bonds is 2. The molecule has 1 aliphatic rings. The van der Waals surface area contributed by atoms with Crippen LogP contribution in [0.25, 0.3) is 0 Å². The van der Waals surface area contributed by atoms with Crippen LogP contribution in [0, 0.1) is 0 Å². The topological polar surface area (TPSA) is 36.9 Å². The highest BCUT2D eigenvalue weighted by Crippen LogP contribution is 2.18. The first kappa shape index (κ1) is 10.7. The van der Waals surface area contributed by atoms with Gasteiger partial charge in [-0.15, -0.1) is 5.10 Å². The number of nitrogens with one attached hydrogen (secondary N) is 1. The summed E-state index contributed by atoms with van der Waals surface area (Å²) in [5.41, 5.74) is 3.98. The largest absolute Gasteiger partial charge is 0.424 e. The van der Waals surface area contributed by atoms with Gasteiger partial charge in [0.05, 0.1) is 0 Å². The number of ether oxygens (including phenoxy) is 1. The summed E-state index contributed by atoms with van der Waals surface area (Å²) in [7, 11) is 0. The Morgan fingerprint density at radius 1 is 0.944 bits per heavy atom. The molecule has 0 saturated carbocycles. The van der Waals surface area contributed by atoms with E-state index in [4.69, 9.17) is 4.74 Å². The van der Waals surface area contributed by atoms with Crippen LogP contribution in [0.15, 0.2) is 65.8 Å². The minimum atomic E-state index is 0.562. The molecule has 90 valence electrons. The highest BCUT2D eigenvalue weighted by molar-refractivity contribution is 5.94. The minimum Gasteiger partial charge on any atom is -0.424 e. The number of anilines is 1. The third-order valence-electron chi connectivity index (χ3n) is 2.65. The molecule has 0 atom stereocenters. The Hall–Kier alpha value is -2.49. The summed E-state index contributed by atoms with van der Waals surface area (Å²) in [5.74, 6) is 0.779. The number of para-hydroxylation sites is 2. The smallest absolute Gasteiger partial charge is 0.320 e. The van der Waals surface area contributed by atoms with Crippen LogP contribution in [0.4, 0.5) is 5.69 Å². The molecule has 1 N–H and O–H groups in total. The summed E-state index contributed by atoms with van der Waals surface area (Å²) in [6, 6.07) is 20.2. The maximum atomic E-state index is 5.76. The molecule has 2 aromatic carbocycles. The number of hydrogen-bond donors (Lipinski definition) is 1. The van der Waals surface area contributed by atoms with Crippen molar-refractivity contribution in [1.82, 2.24) is 5.43 Å². The van der Waals surface area contributed by atoms with Crippen molar-refractivity contribution in [2.24, 2.45) is 5.10 Å². The second-order valence-electron chi connectivity index (χ2n) is 3.89. The lowest BCUT2D eigenvalue weighted by atomic mass is 10.3. The predicted octanol–water partition coefficient (Wildman–Crippen LogP) is 2.40. The maximum Gasteiger partial charge on any atom is 0.320 e. The van der Waals surface area contributed by atoms with Gasteiger partial charge in [-0.1, -0.05) is 36.4 Å². The van der Waals surface area contributed by atoms with Crippen molar-refractivity contribution < 1.29 is 4.74 Å². The van der Waals surface area contributed by atoms with Crippen LogP contribution >= 0.6 is 0 Å². The van der Waals surface area contributed by atoms with Crippen molar-refractivity contribution in [2.75, 3.05) is 11.6 Å². The lowest BCUT2D eigenvalue weighted by Crippen LogP contribution is -2.32. The fraction of sp³-hybridized carbons (Fsp3) is 0.0714. The summed E-state index contributed by atoms with van der Waals surface area (Å²) in [6.07, 6.45) is 0. The van der Waals surface area contributed by atoms with E-state index in [0.29, 0.717) is 12.7 Å². The highest BCUT2D eigenvalue weighted by Gasteiger charge is 2.20. The zero-order valence-corrected chi connectivity index (χ0v) is 9.78. The van der Waals surface area contributed by atoms with Crippen LogP contribution in [0.5, 0.6) is 5.75 Å². The lowest BCUT2D eigenvalue weighted by molar-refractivity contribution is 0.540. The number of hydrazone groups is 1. The van der Waals surface area contributed by atoms with Crippen LogP contribution in [0.1, 0.15) is 0 Å². The number of benzene rings is 2. The number of amidine groups is 1. The number of nitrogens with zero attached hydrogens (tertiary/aromatic N) is 2. The molecule has 0 amide bonds. The average molecular weight is 239 g/mol. The molecule has 4 heteroatoms. The van der Waals surface area contributed by atoms with Crippen molar-refractivity contribution in [2.45, 2.75) is 0 Å². The van der Waals surface area contributed by atoms with E-state index in [2.05, 4.69) is 10.5 Å². The van der Waals surface area contributed by atoms with Crippen molar-refractivity contribution in [3.8, 4) is 5.75 Å². The Morgan fingerprint density at radius 2 is 1.61 bits per heavy atom. The van der Waals surface area contributed by atoms with E-state index in [-0.39, 0.29) is 0 Å².